The largest absolute Gasteiger partial charge is 0.493 e. The van der Waals surface area contributed by atoms with E-state index in [1.807, 2.05) is 0 Å². The van der Waals surface area contributed by atoms with Crippen LogP contribution in [-0.4, -0.2) is 32.4 Å². The number of fused-ring (bicyclic) bond motifs is 3. The summed E-state index contributed by atoms with van der Waals surface area (Å²) in [6, 6.07) is 2.08. The molecule has 0 spiro atoms. The van der Waals surface area contributed by atoms with Gasteiger partial charge in [-0.25, -0.2) is 0 Å². The van der Waals surface area contributed by atoms with E-state index in [4.69, 9.17) is 14.2 Å². The maximum absolute atomic E-state index is 5.56. The van der Waals surface area contributed by atoms with Crippen LogP contribution in [-0.2, 0) is 13.0 Å². The van der Waals surface area contributed by atoms with Gasteiger partial charge in [-0.1, -0.05) is 0 Å². The van der Waals surface area contributed by atoms with Gasteiger partial charge in [-0.05, 0) is 25.1 Å². The second-order valence-electron chi connectivity index (χ2n) is 4.27. The molecule has 3 rings (SSSR count). The molecule has 2 aliphatic heterocycles. The van der Waals surface area contributed by atoms with Crippen LogP contribution < -0.4 is 14.2 Å². The minimum atomic E-state index is 0.297. The molecule has 0 amide bonds. The van der Waals surface area contributed by atoms with Crippen molar-refractivity contribution >= 4 is 0 Å². The maximum Gasteiger partial charge on any atom is 0.231 e. The minimum absolute atomic E-state index is 0.297. The first-order valence-corrected chi connectivity index (χ1v) is 5.46. The van der Waals surface area contributed by atoms with E-state index in [1.54, 1.807) is 7.11 Å². The van der Waals surface area contributed by atoms with Crippen LogP contribution in [0.1, 0.15) is 11.1 Å². The van der Waals surface area contributed by atoms with E-state index in [-0.39, 0.29) is 0 Å². The van der Waals surface area contributed by atoms with Gasteiger partial charge in [0.2, 0.25) is 12.5 Å². The van der Waals surface area contributed by atoms with Crippen LogP contribution in [0.5, 0.6) is 17.2 Å². The summed E-state index contributed by atoms with van der Waals surface area (Å²) in [5.41, 5.74) is 2.57. The quantitative estimate of drug-likeness (QED) is 0.717. The van der Waals surface area contributed by atoms with E-state index in [0.29, 0.717) is 6.79 Å². The van der Waals surface area contributed by atoms with Crippen molar-refractivity contribution in [2.45, 2.75) is 13.0 Å². The van der Waals surface area contributed by atoms with Crippen LogP contribution in [0.2, 0.25) is 0 Å². The van der Waals surface area contributed by atoms with E-state index in [9.17, 15) is 0 Å². The lowest BCUT2D eigenvalue weighted by molar-refractivity contribution is 0.169. The number of hydrogen-bond donors (Lipinski definition) is 0. The summed E-state index contributed by atoms with van der Waals surface area (Å²) in [5, 5.41) is 0. The summed E-state index contributed by atoms with van der Waals surface area (Å²) in [7, 11) is 3.79. The Morgan fingerprint density at radius 1 is 1.31 bits per heavy atom. The van der Waals surface area contributed by atoms with Gasteiger partial charge in [0.1, 0.15) is 0 Å². The Kier molecular flexibility index (Phi) is 2.17. The van der Waals surface area contributed by atoms with Gasteiger partial charge in [0.05, 0.1) is 7.11 Å². The topological polar surface area (TPSA) is 30.9 Å². The first-order chi connectivity index (χ1) is 7.79. The second-order valence-corrected chi connectivity index (χ2v) is 4.27. The van der Waals surface area contributed by atoms with Crippen molar-refractivity contribution in [3.8, 4) is 17.2 Å². The fourth-order valence-electron chi connectivity index (χ4n) is 2.35. The van der Waals surface area contributed by atoms with Crippen LogP contribution in [0, 0.1) is 0 Å². The van der Waals surface area contributed by atoms with Gasteiger partial charge in [0.25, 0.3) is 0 Å². The molecule has 0 N–H and O–H groups in total. The molecule has 0 aliphatic carbocycles. The van der Waals surface area contributed by atoms with E-state index < -0.39 is 0 Å². The molecule has 2 aliphatic rings. The maximum atomic E-state index is 5.56. The Morgan fingerprint density at radius 3 is 2.94 bits per heavy atom. The fourth-order valence-corrected chi connectivity index (χ4v) is 2.35. The Bertz CT molecular complexity index is 431. The van der Waals surface area contributed by atoms with Crippen molar-refractivity contribution < 1.29 is 14.2 Å². The molecule has 0 unspecified atom stereocenters. The Hall–Kier alpha value is -1.42. The highest BCUT2D eigenvalue weighted by Gasteiger charge is 2.28. The normalized spacial score (nSPS) is 18.4. The van der Waals surface area contributed by atoms with Crippen LogP contribution in [0.15, 0.2) is 6.07 Å². The molecule has 4 nitrogen and oxygen atoms in total. The van der Waals surface area contributed by atoms with Crippen LogP contribution in [0.25, 0.3) is 0 Å². The summed E-state index contributed by atoms with van der Waals surface area (Å²) in [6.45, 7) is 2.30. The Balaban J connectivity index is 2.15. The lowest BCUT2D eigenvalue weighted by atomic mass is 9.98. The Morgan fingerprint density at radius 2 is 2.12 bits per heavy atom. The van der Waals surface area contributed by atoms with Crippen molar-refractivity contribution in [1.82, 2.24) is 4.90 Å². The lowest BCUT2D eigenvalue weighted by Crippen LogP contribution is -2.26. The summed E-state index contributed by atoms with van der Waals surface area (Å²) in [5.74, 6) is 2.42. The third-order valence-corrected chi connectivity index (χ3v) is 3.21. The molecule has 0 atom stereocenters. The molecule has 0 aromatic heterocycles. The van der Waals surface area contributed by atoms with Crippen molar-refractivity contribution in [2.75, 3.05) is 27.5 Å². The number of benzene rings is 1. The lowest BCUT2D eigenvalue weighted by Gasteiger charge is -2.26. The second kappa shape index (κ2) is 3.56. The zero-order chi connectivity index (χ0) is 11.1. The molecule has 86 valence electrons. The van der Waals surface area contributed by atoms with Crippen molar-refractivity contribution in [3.63, 3.8) is 0 Å². The van der Waals surface area contributed by atoms with Crippen LogP contribution in [0.4, 0.5) is 0 Å². The molecule has 2 heterocycles. The number of methoxy groups -OCH3 is 1. The monoisotopic (exact) mass is 221 g/mol. The summed E-state index contributed by atoms with van der Waals surface area (Å²) < 4.78 is 16.3. The minimum Gasteiger partial charge on any atom is -0.493 e. The Labute approximate surface area is 94.7 Å². The molecule has 0 bridgehead atoms. The molecule has 16 heavy (non-hydrogen) atoms. The van der Waals surface area contributed by atoms with Crippen LogP contribution >= 0.6 is 0 Å². The zero-order valence-corrected chi connectivity index (χ0v) is 9.58. The SMILES string of the molecule is COc1cc2c(c3c1OCO3)CN(C)CC2. The molecular weight excluding hydrogens is 206 g/mol. The third kappa shape index (κ3) is 1.33. The highest BCUT2D eigenvalue weighted by Crippen LogP contribution is 2.46. The van der Waals surface area contributed by atoms with E-state index in [1.165, 1.54) is 11.1 Å². The van der Waals surface area contributed by atoms with Crippen molar-refractivity contribution in [3.05, 3.63) is 17.2 Å². The highest BCUT2D eigenvalue weighted by atomic mass is 16.7. The summed E-state index contributed by atoms with van der Waals surface area (Å²) >= 11 is 0. The molecule has 0 saturated heterocycles. The van der Waals surface area contributed by atoms with Crippen molar-refractivity contribution in [1.29, 1.82) is 0 Å². The first-order valence-electron chi connectivity index (χ1n) is 5.46. The van der Waals surface area contributed by atoms with E-state index in [2.05, 4.69) is 18.0 Å². The average Bonchev–Trinajstić information content (AvgIpc) is 2.77. The van der Waals surface area contributed by atoms with Crippen LogP contribution in [0.3, 0.4) is 0 Å². The third-order valence-electron chi connectivity index (χ3n) is 3.21. The fraction of sp³-hybridized carbons (Fsp3) is 0.500. The smallest absolute Gasteiger partial charge is 0.231 e. The van der Waals surface area contributed by atoms with Gasteiger partial charge in [0.15, 0.2) is 11.5 Å². The molecule has 1 aromatic rings. The van der Waals surface area contributed by atoms with E-state index in [0.717, 1.165) is 36.8 Å². The zero-order valence-electron chi connectivity index (χ0n) is 9.58. The van der Waals surface area contributed by atoms with Gasteiger partial charge in [-0.2, -0.15) is 0 Å². The molecule has 1 aromatic carbocycles. The van der Waals surface area contributed by atoms with Gasteiger partial charge in [0, 0.05) is 18.7 Å². The predicted molar refractivity (Wildman–Crippen MR) is 59.2 cm³/mol. The molecule has 0 radical (unpaired) electrons. The summed E-state index contributed by atoms with van der Waals surface area (Å²) in [4.78, 5) is 2.29. The van der Waals surface area contributed by atoms with E-state index >= 15 is 0 Å². The summed E-state index contributed by atoms with van der Waals surface area (Å²) in [6.07, 6.45) is 1.04. The van der Waals surface area contributed by atoms with Gasteiger partial charge < -0.3 is 19.1 Å². The van der Waals surface area contributed by atoms with Gasteiger partial charge in [-0.15, -0.1) is 0 Å². The van der Waals surface area contributed by atoms with Crippen molar-refractivity contribution in [2.24, 2.45) is 0 Å². The number of ether oxygens (including phenoxy) is 3. The standard InChI is InChI=1S/C12H15NO3/c1-13-4-3-8-5-10(14-2)12-11(9(8)6-13)15-7-16-12/h5H,3-4,6-7H2,1-2H3. The molecule has 0 fully saturated rings. The highest BCUT2D eigenvalue weighted by molar-refractivity contribution is 5.60. The molecule has 0 saturated carbocycles. The average molecular weight is 221 g/mol. The number of nitrogens with zero attached hydrogens (tertiary/aromatic N) is 1. The van der Waals surface area contributed by atoms with Gasteiger partial charge in [-0.3, -0.25) is 0 Å². The predicted octanol–water partition coefficient (Wildman–Crippen LogP) is 1.41. The first kappa shape index (κ1) is 9.78. The number of likely N-dealkylation sites (N-methyl/N-ethyl adjacent to an activating group) is 1. The van der Waals surface area contributed by atoms with Gasteiger partial charge >= 0.3 is 0 Å². The number of hydrogen-bond acceptors (Lipinski definition) is 4. The number of rotatable bonds is 1. The molecule has 4 heteroatoms. The molecular formula is C12H15NO3.